The Labute approximate surface area is 93.0 Å². The Morgan fingerprint density at radius 3 is 2.47 bits per heavy atom. The molecular formula is C11H24N2O2. The average molecular weight is 216 g/mol. The number of hydrogen-bond acceptors (Lipinski definition) is 3. The summed E-state index contributed by atoms with van der Waals surface area (Å²) < 4.78 is 4.95. The van der Waals surface area contributed by atoms with Gasteiger partial charge in [0.25, 0.3) is 0 Å². The molecular weight excluding hydrogens is 192 g/mol. The molecule has 1 N–H and O–H groups in total. The molecule has 0 atom stereocenters. The Morgan fingerprint density at radius 2 is 1.87 bits per heavy atom. The largest absolute Gasteiger partial charge is 0.385 e. The molecule has 0 fully saturated rings. The van der Waals surface area contributed by atoms with Gasteiger partial charge in [-0.3, -0.25) is 4.79 Å². The molecule has 4 nitrogen and oxygen atoms in total. The van der Waals surface area contributed by atoms with E-state index in [4.69, 9.17) is 4.74 Å². The molecule has 0 aliphatic heterocycles. The highest BCUT2D eigenvalue weighted by Crippen LogP contribution is 1.92. The predicted molar refractivity (Wildman–Crippen MR) is 61.9 cm³/mol. The molecule has 1 amide bonds. The number of hydrogen-bond donors (Lipinski definition) is 1. The average Bonchev–Trinajstić information content (AvgIpc) is 2.21. The highest BCUT2D eigenvalue weighted by atomic mass is 16.5. The van der Waals surface area contributed by atoms with Crippen LogP contribution in [0.3, 0.4) is 0 Å². The van der Waals surface area contributed by atoms with Crippen LogP contribution < -0.4 is 5.32 Å². The molecule has 0 radical (unpaired) electrons. The van der Waals surface area contributed by atoms with E-state index in [1.807, 2.05) is 0 Å². The summed E-state index contributed by atoms with van der Waals surface area (Å²) in [6.45, 7) is 2.77. The number of carbonyl (C=O) groups is 1. The van der Waals surface area contributed by atoms with Gasteiger partial charge in [-0.05, 0) is 32.4 Å². The van der Waals surface area contributed by atoms with Crippen LogP contribution in [-0.4, -0.2) is 51.7 Å². The molecule has 0 aliphatic rings. The summed E-state index contributed by atoms with van der Waals surface area (Å²) in [5, 5.41) is 3.31. The van der Waals surface area contributed by atoms with E-state index < -0.39 is 0 Å². The first-order valence-corrected chi connectivity index (χ1v) is 5.58. The van der Waals surface area contributed by atoms with Crippen molar-refractivity contribution in [2.45, 2.75) is 25.7 Å². The van der Waals surface area contributed by atoms with Crippen LogP contribution in [0.4, 0.5) is 0 Å². The number of nitrogens with zero attached hydrogens (tertiary/aromatic N) is 1. The van der Waals surface area contributed by atoms with Gasteiger partial charge in [-0.2, -0.15) is 0 Å². The van der Waals surface area contributed by atoms with Crippen molar-refractivity contribution in [2.75, 3.05) is 40.9 Å². The predicted octanol–water partition coefficient (Wildman–Crippen LogP) is 0.871. The maximum absolute atomic E-state index is 11.2. The van der Waals surface area contributed by atoms with E-state index in [-0.39, 0.29) is 5.91 Å². The maximum atomic E-state index is 11.2. The standard InChI is InChI=1S/C11H24N2O2/c1-13(2)11(14)7-6-9-12-8-4-5-10-15-3/h12H,4-10H2,1-3H3. The first-order valence-electron chi connectivity index (χ1n) is 5.58. The summed E-state index contributed by atoms with van der Waals surface area (Å²) in [6, 6.07) is 0. The molecule has 15 heavy (non-hydrogen) atoms. The van der Waals surface area contributed by atoms with Crippen LogP contribution in [0.2, 0.25) is 0 Å². The van der Waals surface area contributed by atoms with Crippen LogP contribution in [0.1, 0.15) is 25.7 Å². The van der Waals surface area contributed by atoms with Gasteiger partial charge in [-0.1, -0.05) is 0 Å². The number of carbonyl (C=O) groups excluding carboxylic acids is 1. The number of methoxy groups -OCH3 is 1. The third-order valence-corrected chi connectivity index (χ3v) is 2.20. The second kappa shape index (κ2) is 9.93. The maximum Gasteiger partial charge on any atom is 0.222 e. The van der Waals surface area contributed by atoms with Crippen LogP contribution >= 0.6 is 0 Å². The summed E-state index contributed by atoms with van der Waals surface area (Å²) >= 11 is 0. The van der Waals surface area contributed by atoms with Crippen LogP contribution in [0.25, 0.3) is 0 Å². The molecule has 0 aromatic rings. The molecule has 90 valence electrons. The second-order valence-corrected chi connectivity index (χ2v) is 3.84. The topological polar surface area (TPSA) is 41.6 Å². The van der Waals surface area contributed by atoms with Gasteiger partial charge in [0.05, 0.1) is 0 Å². The van der Waals surface area contributed by atoms with E-state index in [1.54, 1.807) is 26.1 Å². The molecule has 0 aliphatic carbocycles. The fraction of sp³-hybridized carbons (Fsp3) is 0.909. The van der Waals surface area contributed by atoms with E-state index in [0.717, 1.165) is 39.0 Å². The Kier molecular flexibility index (Phi) is 9.52. The molecule has 4 heteroatoms. The number of unbranched alkanes of at least 4 members (excludes halogenated alkanes) is 1. The van der Waals surface area contributed by atoms with E-state index in [9.17, 15) is 4.79 Å². The fourth-order valence-corrected chi connectivity index (χ4v) is 1.21. The van der Waals surface area contributed by atoms with Crippen LogP contribution in [-0.2, 0) is 9.53 Å². The van der Waals surface area contributed by atoms with Crippen LogP contribution in [0.5, 0.6) is 0 Å². The van der Waals surface area contributed by atoms with Gasteiger partial charge in [0.15, 0.2) is 0 Å². The van der Waals surface area contributed by atoms with Crippen LogP contribution in [0.15, 0.2) is 0 Å². The fourth-order valence-electron chi connectivity index (χ4n) is 1.21. The monoisotopic (exact) mass is 216 g/mol. The van der Waals surface area contributed by atoms with Crippen molar-refractivity contribution in [1.29, 1.82) is 0 Å². The lowest BCUT2D eigenvalue weighted by atomic mass is 10.2. The summed E-state index contributed by atoms with van der Waals surface area (Å²) in [7, 11) is 5.31. The van der Waals surface area contributed by atoms with Crippen molar-refractivity contribution in [1.82, 2.24) is 10.2 Å². The minimum absolute atomic E-state index is 0.205. The van der Waals surface area contributed by atoms with Gasteiger partial charge in [0.1, 0.15) is 0 Å². The van der Waals surface area contributed by atoms with Crippen molar-refractivity contribution in [3.05, 3.63) is 0 Å². The normalized spacial score (nSPS) is 10.3. The number of amides is 1. The Bertz CT molecular complexity index is 161. The van der Waals surface area contributed by atoms with Gasteiger partial charge < -0.3 is 15.0 Å². The SMILES string of the molecule is COCCCCNCCCC(=O)N(C)C. The van der Waals surface area contributed by atoms with Crippen molar-refractivity contribution in [3.63, 3.8) is 0 Å². The summed E-state index contributed by atoms with van der Waals surface area (Å²) in [4.78, 5) is 12.8. The van der Waals surface area contributed by atoms with Crippen molar-refractivity contribution in [2.24, 2.45) is 0 Å². The molecule has 0 aromatic heterocycles. The highest BCUT2D eigenvalue weighted by Gasteiger charge is 2.01. The number of nitrogens with one attached hydrogen (secondary N) is 1. The zero-order chi connectivity index (χ0) is 11.5. The van der Waals surface area contributed by atoms with Gasteiger partial charge in [-0.15, -0.1) is 0 Å². The highest BCUT2D eigenvalue weighted by molar-refractivity contribution is 5.75. The molecule has 0 saturated heterocycles. The minimum Gasteiger partial charge on any atom is -0.385 e. The number of rotatable bonds is 9. The Hall–Kier alpha value is -0.610. The number of ether oxygens (including phenoxy) is 1. The van der Waals surface area contributed by atoms with E-state index >= 15 is 0 Å². The lowest BCUT2D eigenvalue weighted by Crippen LogP contribution is -2.23. The van der Waals surface area contributed by atoms with Gasteiger partial charge >= 0.3 is 0 Å². The van der Waals surface area contributed by atoms with E-state index in [0.29, 0.717) is 6.42 Å². The smallest absolute Gasteiger partial charge is 0.222 e. The quantitative estimate of drug-likeness (QED) is 0.582. The zero-order valence-corrected chi connectivity index (χ0v) is 10.2. The molecule has 0 spiro atoms. The summed E-state index contributed by atoms with van der Waals surface area (Å²) in [6.07, 6.45) is 3.79. The summed E-state index contributed by atoms with van der Waals surface area (Å²) in [5.41, 5.74) is 0. The Morgan fingerprint density at radius 1 is 1.20 bits per heavy atom. The third-order valence-electron chi connectivity index (χ3n) is 2.20. The van der Waals surface area contributed by atoms with Crippen molar-refractivity contribution >= 4 is 5.91 Å². The van der Waals surface area contributed by atoms with Crippen molar-refractivity contribution in [3.8, 4) is 0 Å². The first-order chi connectivity index (χ1) is 7.18. The van der Waals surface area contributed by atoms with E-state index in [1.165, 1.54) is 0 Å². The molecule has 0 unspecified atom stereocenters. The van der Waals surface area contributed by atoms with Crippen LogP contribution in [0, 0.1) is 0 Å². The first kappa shape index (κ1) is 14.4. The van der Waals surface area contributed by atoms with Gasteiger partial charge in [0.2, 0.25) is 5.91 Å². The Balaban J connectivity index is 3.08. The molecule has 0 bridgehead atoms. The van der Waals surface area contributed by atoms with Gasteiger partial charge in [0, 0.05) is 34.2 Å². The van der Waals surface area contributed by atoms with Gasteiger partial charge in [-0.25, -0.2) is 0 Å². The molecule has 0 rings (SSSR count). The molecule has 0 heterocycles. The molecule has 0 saturated carbocycles. The molecule has 0 aromatic carbocycles. The zero-order valence-electron chi connectivity index (χ0n) is 10.2. The van der Waals surface area contributed by atoms with E-state index in [2.05, 4.69) is 5.32 Å². The minimum atomic E-state index is 0.205. The lowest BCUT2D eigenvalue weighted by Gasteiger charge is -2.10. The summed E-state index contributed by atoms with van der Waals surface area (Å²) in [5.74, 6) is 0.205. The lowest BCUT2D eigenvalue weighted by molar-refractivity contribution is -0.128. The van der Waals surface area contributed by atoms with Crippen molar-refractivity contribution < 1.29 is 9.53 Å². The third kappa shape index (κ3) is 9.69. The second-order valence-electron chi connectivity index (χ2n) is 3.84.